The number of nitrogens with one attached hydrogen (secondary N) is 2. The number of anilines is 2. The molecule has 0 aromatic heterocycles. The molecule has 2 unspecified atom stereocenters. The molecule has 1 aromatic rings. The molecule has 2 rings (SSSR count). The van der Waals surface area contributed by atoms with Crippen molar-refractivity contribution in [1.82, 2.24) is 0 Å². The zero-order valence-electron chi connectivity index (χ0n) is 12.2. The Morgan fingerprint density at radius 2 is 2.19 bits per heavy atom. The van der Waals surface area contributed by atoms with Crippen LogP contribution < -0.4 is 16.4 Å². The summed E-state index contributed by atoms with van der Waals surface area (Å²) >= 11 is 0. The largest absolute Gasteiger partial charge is 0.326 e. The van der Waals surface area contributed by atoms with Gasteiger partial charge in [-0.05, 0) is 30.0 Å². The lowest BCUT2D eigenvalue weighted by Crippen LogP contribution is -2.40. The minimum Gasteiger partial charge on any atom is -0.326 e. The fourth-order valence-electron chi connectivity index (χ4n) is 2.22. The number of hydrogen-bond donors (Lipinski definition) is 3. The summed E-state index contributed by atoms with van der Waals surface area (Å²) in [5, 5.41) is 5.18. The van der Waals surface area contributed by atoms with Gasteiger partial charge in [-0.3, -0.25) is 9.59 Å². The van der Waals surface area contributed by atoms with Crippen LogP contribution in [0.1, 0.15) is 32.3 Å². The second-order valence-electron chi connectivity index (χ2n) is 5.44. The molecule has 0 saturated carbocycles. The maximum Gasteiger partial charge on any atom is 0.241 e. The molecular formula is C15H20FN3O2. The molecule has 1 aliphatic rings. The molecule has 5 nitrogen and oxygen atoms in total. The summed E-state index contributed by atoms with van der Waals surface area (Å²) in [6.07, 6.45) is 1.60. The maximum absolute atomic E-state index is 14.0. The van der Waals surface area contributed by atoms with E-state index < -0.39 is 17.8 Å². The Bertz CT molecular complexity index is 574. The molecular weight excluding hydrogens is 273 g/mol. The van der Waals surface area contributed by atoms with Crippen LogP contribution in [0.3, 0.4) is 0 Å². The summed E-state index contributed by atoms with van der Waals surface area (Å²) in [6.45, 7) is 3.81. The zero-order chi connectivity index (χ0) is 15.6. The first kappa shape index (κ1) is 15.4. The van der Waals surface area contributed by atoms with Crippen molar-refractivity contribution in [3.05, 3.63) is 23.5 Å². The van der Waals surface area contributed by atoms with Crippen molar-refractivity contribution in [2.75, 3.05) is 10.6 Å². The molecule has 6 heteroatoms. The van der Waals surface area contributed by atoms with Gasteiger partial charge in [-0.2, -0.15) is 0 Å². The lowest BCUT2D eigenvalue weighted by Gasteiger charge is -2.21. The number of hydrogen-bond acceptors (Lipinski definition) is 3. The molecule has 21 heavy (non-hydrogen) atoms. The third-order valence-corrected chi connectivity index (χ3v) is 3.91. The van der Waals surface area contributed by atoms with E-state index in [-0.39, 0.29) is 17.5 Å². The maximum atomic E-state index is 14.0. The van der Waals surface area contributed by atoms with Crippen molar-refractivity contribution in [1.29, 1.82) is 0 Å². The Morgan fingerprint density at radius 1 is 1.48 bits per heavy atom. The average molecular weight is 293 g/mol. The summed E-state index contributed by atoms with van der Waals surface area (Å²) in [4.78, 5) is 23.4. The van der Waals surface area contributed by atoms with Gasteiger partial charge < -0.3 is 16.4 Å². The number of carbonyl (C=O) groups excluding carboxylic acids is 2. The number of benzene rings is 1. The second kappa shape index (κ2) is 6.22. The standard InChI is InChI=1S/C15H20FN3O2/c1-3-8(2)14(17)15(21)19-12-7-11-9(6-10(12)16)4-5-13(20)18-11/h6-8,14H,3-5,17H2,1-2H3,(H,18,20)(H,19,21). The number of amides is 2. The molecule has 0 saturated heterocycles. The molecule has 0 fully saturated rings. The quantitative estimate of drug-likeness (QED) is 0.794. The van der Waals surface area contributed by atoms with E-state index in [1.807, 2.05) is 13.8 Å². The Balaban J connectivity index is 2.19. The Hall–Kier alpha value is -1.95. The van der Waals surface area contributed by atoms with Gasteiger partial charge in [-0.25, -0.2) is 4.39 Å². The van der Waals surface area contributed by atoms with E-state index in [2.05, 4.69) is 10.6 Å². The number of rotatable bonds is 4. The van der Waals surface area contributed by atoms with Crippen LogP contribution in [0.5, 0.6) is 0 Å². The molecule has 1 heterocycles. The van der Waals surface area contributed by atoms with Gasteiger partial charge in [0.1, 0.15) is 5.82 Å². The van der Waals surface area contributed by atoms with E-state index in [9.17, 15) is 14.0 Å². The van der Waals surface area contributed by atoms with E-state index in [1.54, 1.807) is 0 Å². The highest BCUT2D eigenvalue weighted by Gasteiger charge is 2.22. The smallest absolute Gasteiger partial charge is 0.241 e. The lowest BCUT2D eigenvalue weighted by molar-refractivity contribution is -0.118. The van der Waals surface area contributed by atoms with E-state index in [0.29, 0.717) is 18.5 Å². The highest BCUT2D eigenvalue weighted by atomic mass is 19.1. The second-order valence-corrected chi connectivity index (χ2v) is 5.44. The van der Waals surface area contributed by atoms with Crippen molar-refractivity contribution in [3.63, 3.8) is 0 Å². The summed E-state index contributed by atoms with van der Waals surface area (Å²) in [5.41, 5.74) is 7.14. The molecule has 0 spiro atoms. The predicted octanol–water partition coefficient (Wildman–Crippen LogP) is 2.02. The first-order valence-electron chi connectivity index (χ1n) is 7.11. The number of aryl methyl sites for hydroxylation is 1. The van der Waals surface area contributed by atoms with Gasteiger partial charge >= 0.3 is 0 Å². The summed E-state index contributed by atoms with van der Waals surface area (Å²) in [5.74, 6) is -1.05. The van der Waals surface area contributed by atoms with Crippen LogP contribution in [0.25, 0.3) is 0 Å². The van der Waals surface area contributed by atoms with Crippen LogP contribution in [-0.2, 0) is 16.0 Å². The molecule has 0 bridgehead atoms. The van der Waals surface area contributed by atoms with E-state index in [0.717, 1.165) is 12.0 Å². The SMILES string of the molecule is CCC(C)C(N)C(=O)Nc1cc2c(cc1F)CCC(=O)N2. The van der Waals surface area contributed by atoms with Crippen LogP contribution >= 0.6 is 0 Å². The van der Waals surface area contributed by atoms with Gasteiger partial charge in [0.05, 0.1) is 11.7 Å². The highest BCUT2D eigenvalue weighted by Crippen LogP contribution is 2.28. The zero-order valence-corrected chi connectivity index (χ0v) is 12.2. The molecule has 114 valence electrons. The van der Waals surface area contributed by atoms with Crippen molar-refractivity contribution in [3.8, 4) is 0 Å². The average Bonchev–Trinajstić information content (AvgIpc) is 2.46. The van der Waals surface area contributed by atoms with Crippen molar-refractivity contribution >= 4 is 23.2 Å². The van der Waals surface area contributed by atoms with E-state index in [1.165, 1.54) is 12.1 Å². The van der Waals surface area contributed by atoms with Gasteiger partial charge in [0.15, 0.2) is 0 Å². The van der Waals surface area contributed by atoms with Crippen molar-refractivity contribution in [2.45, 2.75) is 39.2 Å². The topological polar surface area (TPSA) is 84.2 Å². The molecule has 1 aliphatic heterocycles. The summed E-state index contributed by atoms with van der Waals surface area (Å²) in [6, 6.07) is 2.10. The minimum atomic E-state index is -0.694. The van der Waals surface area contributed by atoms with Gasteiger partial charge in [0, 0.05) is 12.1 Å². The van der Waals surface area contributed by atoms with Gasteiger partial charge in [0.25, 0.3) is 0 Å². The fourth-order valence-corrected chi connectivity index (χ4v) is 2.22. The third kappa shape index (κ3) is 3.39. The van der Waals surface area contributed by atoms with Crippen LogP contribution in [0.4, 0.5) is 15.8 Å². The molecule has 0 radical (unpaired) electrons. The van der Waals surface area contributed by atoms with E-state index in [4.69, 9.17) is 5.73 Å². The molecule has 4 N–H and O–H groups in total. The monoisotopic (exact) mass is 293 g/mol. The Labute approximate surface area is 123 Å². The Morgan fingerprint density at radius 3 is 2.86 bits per heavy atom. The van der Waals surface area contributed by atoms with Crippen LogP contribution in [0.15, 0.2) is 12.1 Å². The van der Waals surface area contributed by atoms with Gasteiger partial charge in [-0.1, -0.05) is 20.3 Å². The van der Waals surface area contributed by atoms with Gasteiger partial charge in [-0.15, -0.1) is 0 Å². The normalized spacial score (nSPS) is 16.7. The van der Waals surface area contributed by atoms with Crippen molar-refractivity contribution < 1.29 is 14.0 Å². The fraction of sp³-hybridized carbons (Fsp3) is 0.467. The molecule has 2 amide bonds. The van der Waals surface area contributed by atoms with Crippen LogP contribution in [-0.4, -0.2) is 17.9 Å². The number of nitrogens with two attached hydrogens (primary N) is 1. The molecule has 1 aromatic carbocycles. The van der Waals surface area contributed by atoms with Crippen LogP contribution in [0, 0.1) is 11.7 Å². The third-order valence-electron chi connectivity index (χ3n) is 3.91. The van der Waals surface area contributed by atoms with Crippen molar-refractivity contribution in [2.24, 2.45) is 11.7 Å². The number of fused-ring (bicyclic) bond motifs is 1. The van der Waals surface area contributed by atoms with E-state index >= 15 is 0 Å². The minimum absolute atomic E-state index is 0.00499. The van der Waals surface area contributed by atoms with Crippen LogP contribution in [0.2, 0.25) is 0 Å². The highest BCUT2D eigenvalue weighted by molar-refractivity contribution is 5.98. The Kier molecular flexibility index (Phi) is 4.57. The first-order valence-corrected chi connectivity index (χ1v) is 7.11. The summed E-state index contributed by atoms with van der Waals surface area (Å²) in [7, 11) is 0. The number of halogens is 1. The molecule has 2 atom stereocenters. The molecule has 0 aliphatic carbocycles. The van der Waals surface area contributed by atoms with Gasteiger partial charge in [0.2, 0.25) is 11.8 Å². The lowest BCUT2D eigenvalue weighted by atomic mass is 9.99. The number of carbonyl (C=O) groups is 2. The first-order chi connectivity index (χ1) is 9.92. The predicted molar refractivity (Wildman–Crippen MR) is 79.4 cm³/mol. The summed E-state index contributed by atoms with van der Waals surface area (Å²) < 4.78 is 14.0.